The minimum Gasteiger partial charge on any atom is -0.378 e. The van der Waals surface area contributed by atoms with E-state index in [0.717, 1.165) is 24.8 Å². The summed E-state index contributed by atoms with van der Waals surface area (Å²) < 4.78 is 26.8. The molecule has 6 heteroatoms. The highest BCUT2D eigenvalue weighted by molar-refractivity contribution is 5.94. The van der Waals surface area contributed by atoms with Crippen LogP contribution in [0.3, 0.4) is 0 Å². The zero-order valence-corrected chi connectivity index (χ0v) is 17.6. The second-order valence-corrected chi connectivity index (χ2v) is 8.75. The maximum Gasteiger partial charge on any atom is 0.251 e. The average Bonchev–Trinajstić information content (AvgIpc) is 3.29. The summed E-state index contributed by atoms with van der Waals surface area (Å²) in [6, 6.07) is 14.8. The molecule has 31 heavy (non-hydrogen) atoms. The Morgan fingerprint density at radius 1 is 1.06 bits per heavy atom. The minimum atomic E-state index is -0.221. The van der Waals surface area contributed by atoms with Crippen LogP contribution in [0.4, 0.5) is 10.1 Å². The van der Waals surface area contributed by atoms with Gasteiger partial charge in [-0.1, -0.05) is 30.7 Å². The summed E-state index contributed by atoms with van der Waals surface area (Å²) in [4.78, 5) is 14.8. The van der Waals surface area contributed by atoms with E-state index in [2.05, 4.69) is 5.32 Å². The molecule has 2 aliphatic heterocycles. The highest BCUT2D eigenvalue weighted by Gasteiger charge is 2.42. The third-order valence-corrected chi connectivity index (χ3v) is 6.88. The van der Waals surface area contributed by atoms with Crippen molar-refractivity contribution >= 4 is 11.6 Å². The molecule has 3 aliphatic rings. The Morgan fingerprint density at radius 3 is 2.65 bits per heavy atom. The Bertz CT molecular complexity index is 916. The van der Waals surface area contributed by atoms with Crippen LogP contribution in [-0.4, -0.2) is 44.4 Å². The second kappa shape index (κ2) is 8.97. The van der Waals surface area contributed by atoms with Crippen molar-refractivity contribution in [3.05, 3.63) is 65.5 Å². The summed E-state index contributed by atoms with van der Waals surface area (Å²) in [5.74, 6) is 0.0496. The SMILES string of the molecule is O=C(N[C@@H]1C[C@H](c2ccc(N3CCOCC3)c(F)c2)O[C@@H]2CCC[C@@H]12)c1ccccc1. The van der Waals surface area contributed by atoms with Gasteiger partial charge in [0.25, 0.3) is 5.91 Å². The number of fused-ring (bicyclic) bond motifs is 1. The maximum absolute atomic E-state index is 15.0. The summed E-state index contributed by atoms with van der Waals surface area (Å²) in [6.45, 7) is 2.65. The molecule has 0 unspecified atom stereocenters. The van der Waals surface area contributed by atoms with Gasteiger partial charge in [0.2, 0.25) is 0 Å². The monoisotopic (exact) mass is 424 g/mol. The van der Waals surface area contributed by atoms with Crippen molar-refractivity contribution in [1.82, 2.24) is 5.32 Å². The number of morpholine rings is 1. The summed E-state index contributed by atoms with van der Waals surface area (Å²) in [5.41, 5.74) is 2.13. The number of benzene rings is 2. The van der Waals surface area contributed by atoms with Crippen LogP contribution in [0.25, 0.3) is 0 Å². The van der Waals surface area contributed by atoms with E-state index in [9.17, 15) is 9.18 Å². The van der Waals surface area contributed by atoms with Crippen LogP contribution >= 0.6 is 0 Å². The second-order valence-electron chi connectivity index (χ2n) is 8.75. The molecular formula is C25H29FN2O3. The maximum atomic E-state index is 15.0. The average molecular weight is 425 g/mol. The van der Waals surface area contributed by atoms with Crippen molar-refractivity contribution in [1.29, 1.82) is 0 Å². The molecule has 5 nitrogen and oxygen atoms in total. The van der Waals surface area contributed by atoms with Gasteiger partial charge < -0.3 is 19.7 Å². The molecule has 0 radical (unpaired) electrons. The zero-order chi connectivity index (χ0) is 21.2. The lowest BCUT2D eigenvalue weighted by atomic mass is 9.86. The van der Waals surface area contributed by atoms with E-state index in [1.807, 2.05) is 47.4 Å². The van der Waals surface area contributed by atoms with Crippen molar-refractivity contribution in [3.63, 3.8) is 0 Å². The van der Waals surface area contributed by atoms with Crippen LogP contribution in [0.15, 0.2) is 48.5 Å². The lowest BCUT2D eigenvalue weighted by molar-refractivity contribution is -0.0847. The number of carbonyl (C=O) groups excluding carboxylic acids is 1. The quantitative estimate of drug-likeness (QED) is 0.803. The molecule has 2 saturated heterocycles. The van der Waals surface area contributed by atoms with Gasteiger partial charge in [0, 0.05) is 30.6 Å². The highest BCUT2D eigenvalue weighted by atomic mass is 19.1. The molecule has 0 aromatic heterocycles. The first-order valence-corrected chi connectivity index (χ1v) is 11.3. The standard InChI is InChI=1S/C25H29FN2O3/c26-20-15-18(9-10-22(20)28-11-13-30-14-12-28)24-16-21(19-7-4-8-23(19)31-24)27-25(29)17-5-2-1-3-6-17/h1-3,5-6,9-10,15,19,21,23-24H,4,7-8,11-14,16H2,(H,27,29)/t19-,21+,23+,24+/m0/s1. The topological polar surface area (TPSA) is 50.8 Å². The fourth-order valence-corrected chi connectivity index (χ4v) is 5.26. The van der Waals surface area contributed by atoms with Crippen molar-refractivity contribution in [2.75, 3.05) is 31.2 Å². The molecule has 0 bridgehead atoms. The molecule has 1 aliphatic carbocycles. The summed E-state index contributed by atoms with van der Waals surface area (Å²) in [7, 11) is 0. The van der Waals surface area contributed by atoms with Crippen LogP contribution in [-0.2, 0) is 9.47 Å². The van der Waals surface area contributed by atoms with Gasteiger partial charge in [0.15, 0.2) is 0 Å². The van der Waals surface area contributed by atoms with E-state index in [1.54, 1.807) is 6.07 Å². The predicted molar refractivity (Wildman–Crippen MR) is 117 cm³/mol. The first-order valence-electron chi connectivity index (χ1n) is 11.3. The minimum absolute atomic E-state index is 0.0286. The van der Waals surface area contributed by atoms with E-state index in [0.29, 0.717) is 49.9 Å². The number of rotatable bonds is 4. The summed E-state index contributed by atoms with van der Waals surface area (Å²) in [6.07, 6.45) is 3.71. The number of nitrogens with one attached hydrogen (secondary N) is 1. The molecule has 5 rings (SSSR count). The molecule has 2 aromatic carbocycles. The van der Waals surface area contributed by atoms with E-state index < -0.39 is 0 Å². The number of hydrogen-bond acceptors (Lipinski definition) is 4. The molecule has 164 valence electrons. The van der Waals surface area contributed by atoms with E-state index in [1.165, 1.54) is 0 Å². The van der Waals surface area contributed by atoms with Crippen molar-refractivity contribution in [2.24, 2.45) is 5.92 Å². The predicted octanol–water partition coefficient (Wildman–Crippen LogP) is 4.09. The van der Waals surface area contributed by atoms with Crippen molar-refractivity contribution in [2.45, 2.75) is 43.9 Å². The van der Waals surface area contributed by atoms with E-state index in [-0.39, 0.29) is 30.0 Å². The lowest BCUT2D eigenvalue weighted by Crippen LogP contribution is -2.48. The number of anilines is 1. The molecule has 2 heterocycles. The first kappa shape index (κ1) is 20.5. The van der Waals surface area contributed by atoms with Gasteiger partial charge in [-0.3, -0.25) is 4.79 Å². The van der Waals surface area contributed by atoms with Gasteiger partial charge in [-0.15, -0.1) is 0 Å². The number of carbonyl (C=O) groups is 1. The fraction of sp³-hybridized carbons (Fsp3) is 0.480. The zero-order valence-electron chi connectivity index (χ0n) is 17.6. The van der Waals surface area contributed by atoms with Crippen LogP contribution in [0.5, 0.6) is 0 Å². The highest BCUT2D eigenvalue weighted by Crippen LogP contribution is 2.43. The largest absolute Gasteiger partial charge is 0.378 e. The molecule has 2 aromatic rings. The Labute approximate surface area is 182 Å². The fourth-order valence-electron chi connectivity index (χ4n) is 5.26. The number of nitrogens with zero attached hydrogens (tertiary/aromatic N) is 1. The van der Waals surface area contributed by atoms with Gasteiger partial charge in [0.05, 0.1) is 31.1 Å². The van der Waals surface area contributed by atoms with E-state index >= 15 is 0 Å². The Hall–Kier alpha value is -2.44. The normalized spacial score (nSPS) is 28.2. The number of ether oxygens (including phenoxy) is 2. The van der Waals surface area contributed by atoms with Gasteiger partial charge in [-0.25, -0.2) is 4.39 Å². The third kappa shape index (κ3) is 4.32. The van der Waals surface area contributed by atoms with Gasteiger partial charge in [-0.05, 0) is 49.1 Å². The van der Waals surface area contributed by atoms with Gasteiger partial charge in [-0.2, -0.15) is 0 Å². The molecule has 3 fully saturated rings. The third-order valence-electron chi connectivity index (χ3n) is 6.88. The van der Waals surface area contributed by atoms with Crippen LogP contribution in [0.1, 0.15) is 47.7 Å². The van der Waals surface area contributed by atoms with Gasteiger partial charge in [0.1, 0.15) is 5.82 Å². The van der Waals surface area contributed by atoms with Crippen LogP contribution in [0.2, 0.25) is 0 Å². The van der Waals surface area contributed by atoms with Crippen molar-refractivity contribution < 1.29 is 18.7 Å². The molecule has 0 spiro atoms. The Morgan fingerprint density at radius 2 is 1.87 bits per heavy atom. The van der Waals surface area contributed by atoms with Crippen LogP contribution in [0, 0.1) is 11.7 Å². The molecule has 1 amide bonds. The smallest absolute Gasteiger partial charge is 0.251 e. The molecule has 1 N–H and O–H groups in total. The first-order chi connectivity index (χ1) is 15.2. The summed E-state index contributed by atoms with van der Waals surface area (Å²) in [5, 5.41) is 3.25. The molecule has 1 saturated carbocycles. The van der Waals surface area contributed by atoms with Crippen LogP contribution < -0.4 is 10.2 Å². The Kier molecular flexibility index (Phi) is 5.92. The summed E-state index contributed by atoms with van der Waals surface area (Å²) >= 11 is 0. The molecular weight excluding hydrogens is 395 g/mol. The van der Waals surface area contributed by atoms with E-state index in [4.69, 9.17) is 9.47 Å². The number of halogens is 1. The van der Waals surface area contributed by atoms with Crippen molar-refractivity contribution in [3.8, 4) is 0 Å². The number of amides is 1. The lowest BCUT2D eigenvalue weighted by Gasteiger charge is -2.39. The number of hydrogen-bond donors (Lipinski definition) is 1. The Balaban J connectivity index is 1.33. The molecule has 4 atom stereocenters. The van der Waals surface area contributed by atoms with Gasteiger partial charge >= 0.3 is 0 Å².